The Hall–Kier alpha value is -1.33. The minimum absolute atomic E-state index is 0.115. The fourth-order valence-corrected chi connectivity index (χ4v) is 3.30. The molecule has 1 N–H and O–H groups in total. The molecule has 3 saturated heterocycles. The van der Waals surface area contributed by atoms with Crippen LogP contribution in [-0.4, -0.2) is 53.0 Å². The Morgan fingerprint density at radius 3 is 2.33 bits per heavy atom. The van der Waals surface area contributed by atoms with E-state index in [1.807, 2.05) is 24.3 Å². The van der Waals surface area contributed by atoms with Gasteiger partial charge in [-0.05, 0) is 17.2 Å². The summed E-state index contributed by atoms with van der Waals surface area (Å²) in [6, 6.07) is 7.84. The number of rotatable bonds is 4. The molecule has 24 heavy (non-hydrogen) atoms. The van der Waals surface area contributed by atoms with Crippen LogP contribution in [0.15, 0.2) is 43.5 Å². The molecule has 4 rings (SSSR count). The molecular weight excluding hydrogens is 345 g/mol. The van der Waals surface area contributed by atoms with E-state index in [1.54, 1.807) is 6.08 Å². The summed E-state index contributed by atoms with van der Waals surface area (Å²) in [6.45, 7) is 12.8. The highest BCUT2D eigenvalue weighted by Gasteiger charge is 2.45. The van der Waals surface area contributed by atoms with Crippen LogP contribution >= 0.6 is 23.4 Å². The maximum Gasteiger partial charge on any atom is 0.243 e. The average Bonchev–Trinajstić information content (AvgIpc) is 2.62. The van der Waals surface area contributed by atoms with Gasteiger partial charge in [0.2, 0.25) is 5.91 Å². The number of piperazine rings is 3. The molecule has 3 heterocycles. The molecule has 1 atom stereocenters. The lowest BCUT2D eigenvalue weighted by molar-refractivity contribution is -0.845. The summed E-state index contributed by atoms with van der Waals surface area (Å²) in [7, 11) is 0. The quantitative estimate of drug-likeness (QED) is 0.383. The van der Waals surface area contributed by atoms with E-state index in [0.717, 1.165) is 43.9 Å². The average molecular weight is 369 g/mol. The Morgan fingerprint density at radius 2 is 1.92 bits per heavy atom. The van der Waals surface area contributed by atoms with Gasteiger partial charge in [0.05, 0.1) is 6.54 Å². The number of carbonyl (C=O) groups is 1. The van der Waals surface area contributed by atoms with Gasteiger partial charge in [0.1, 0.15) is 13.1 Å². The number of hydrogen-bond donors (Lipinski definition) is 1. The molecule has 2 bridgehead atoms. The largest absolute Gasteiger partial charge is 0.348 e. The second-order valence-corrected chi connectivity index (χ2v) is 7.15. The van der Waals surface area contributed by atoms with E-state index in [1.165, 1.54) is 6.08 Å². The Balaban J connectivity index is 0.000000182. The normalized spacial score (nSPS) is 27.6. The van der Waals surface area contributed by atoms with Gasteiger partial charge in [-0.1, -0.05) is 55.1 Å². The lowest BCUT2D eigenvalue weighted by atomic mass is 10.1. The minimum atomic E-state index is -0.155. The van der Waals surface area contributed by atoms with E-state index >= 15 is 0 Å². The maximum atomic E-state index is 10.9. The Kier molecular flexibility index (Phi) is 6.87. The second kappa shape index (κ2) is 8.67. The van der Waals surface area contributed by atoms with Crippen molar-refractivity contribution in [3.05, 3.63) is 54.6 Å². The van der Waals surface area contributed by atoms with Crippen LogP contribution in [-0.2, 0) is 11.3 Å². The van der Waals surface area contributed by atoms with Crippen molar-refractivity contribution >= 4 is 35.4 Å². The van der Waals surface area contributed by atoms with E-state index < -0.39 is 0 Å². The molecular formula is C18H24Cl2N3O+. The summed E-state index contributed by atoms with van der Waals surface area (Å²) in [6.07, 6.45) is 3.05. The number of carbonyl (C=O) groups excluding carboxylic acids is 1. The molecule has 0 saturated carbocycles. The number of amides is 1. The highest BCUT2D eigenvalue weighted by Crippen LogP contribution is 2.30. The molecule has 0 aliphatic carbocycles. The van der Waals surface area contributed by atoms with Crippen LogP contribution in [0.25, 0.3) is 6.08 Å². The number of halogens is 2. The summed E-state index contributed by atoms with van der Waals surface area (Å²) in [5.74, 6) is -0.155. The van der Waals surface area contributed by atoms with Gasteiger partial charge in [-0.3, -0.25) is 9.69 Å². The van der Waals surface area contributed by atoms with Crippen molar-refractivity contribution < 1.29 is 8.80 Å². The SMILES string of the molecule is C=CC(=O)NCc1ccc(C=C)cc1.ClC1CN2CC[N+]1(Cl)CC2. The van der Waals surface area contributed by atoms with Crippen LogP contribution in [0.2, 0.25) is 0 Å². The summed E-state index contributed by atoms with van der Waals surface area (Å²) < 4.78 is 0.568. The van der Waals surface area contributed by atoms with Crippen LogP contribution in [0.5, 0.6) is 0 Å². The third kappa shape index (κ3) is 5.08. The molecule has 3 fully saturated rings. The van der Waals surface area contributed by atoms with Crippen LogP contribution in [0.4, 0.5) is 0 Å². The number of benzene rings is 1. The standard InChI is InChI=1S/C12H13NO.C6H11Cl2N2/c1-3-10-5-7-11(8-6-10)9-13-12(14)4-2;7-6-5-9-1-3-10(6,8)4-2-9/h3-8H,1-2,9H2,(H,13,14);6H,1-5H2/q;+1. The minimum Gasteiger partial charge on any atom is -0.348 e. The number of nitrogens with one attached hydrogen (secondary N) is 1. The van der Waals surface area contributed by atoms with Gasteiger partial charge in [0, 0.05) is 19.6 Å². The van der Waals surface area contributed by atoms with E-state index in [2.05, 4.69) is 23.4 Å². The van der Waals surface area contributed by atoms with E-state index in [4.69, 9.17) is 23.4 Å². The molecule has 1 aromatic rings. The van der Waals surface area contributed by atoms with Crippen LogP contribution in [0.1, 0.15) is 11.1 Å². The first kappa shape index (κ1) is 19.0. The molecule has 130 valence electrons. The third-order valence-electron chi connectivity index (χ3n) is 4.35. The molecule has 1 amide bonds. The summed E-state index contributed by atoms with van der Waals surface area (Å²) in [5.41, 5.74) is 2.25. The fraction of sp³-hybridized carbons (Fsp3) is 0.389. The van der Waals surface area contributed by atoms with Gasteiger partial charge in [-0.2, -0.15) is 0 Å². The molecule has 1 unspecified atom stereocenters. The Bertz CT molecular complexity index is 580. The van der Waals surface area contributed by atoms with Gasteiger partial charge in [0.15, 0.2) is 17.3 Å². The molecule has 4 nitrogen and oxygen atoms in total. The van der Waals surface area contributed by atoms with Crippen molar-refractivity contribution in [1.29, 1.82) is 0 Å². The Morgan fingerprint density at radius 1 is 1.29 bits per heavy atom. The van der Waals surface area contributed by atoms with Gasteiger partial charge in [0.25, 0.3) is 0 Å². The monoisotopic (exact) mass is 368 g/mol. The lowest BCUT2D eigenvalue weighted by Crippen LogP contribution is -2.65. The molecule has 6 heteroatoms. The second-order valence-electron chi connectivity index (χ2n) is 5.98. The van der Waals surface area contributed by atoms with E-state index in [9.17, 15) is 4.79 Å². The van der Waals surface area contributed by atoms with Crippen molar-refractivity contribution in [2.24, 2.45) is 0 Å². The van der Waals surface area contributed by atoms with E-state index in [0.29, 0.717) is 10.5 Å². The molecule has 0 spiro atoms. The molecule has 1 aromatic carbocycles. The van der Waals surface area contributed by atoms with Crippen LogP contribution < -0.4 is 5.32 Å². The van der Waals surface area contributed by atoms with Crippen molar-refractivity contribution in [3.8, 4) is 0 Å². The molecule has 3 aliphatic heterocycles. The zero-order valence-corrected chi connectivity index (χ0v) is 15.3. The Labute approximate surface area is 154 Å². The zero-order valence-electron chi connectivity index (χ0n) is 13.8. The molecule has 3 aliphatic rings. The molecule has 0 aromatic heterocycles. The third-order valence-corrected chi connectivity index (χ3v) is 5.54. The summed E-state index contributed by atoms with van der Waals surface area (Å²) in [4.78, 5) is 13.2. The van der Waals surface area contributed by atoms with Crippen LogP contribution in [0, 0.1) is 0 Å². The predicted octanol–water partition coefficient (Wildman–Crippen LogP) is 2.98. The maximum absolute atomic E-state index is 10.9. The number of hydrogen-bond acceptors (Lipinski definition) is 2. The highest BCUT2D eigenvalue weighted by molar-refractivity contribution is 6.22. The van der Waals surface area contributed by atoms with Crippen molar-refractivity contribution in [2.45, 2.75) is 12.0 Å². The van der Waals surface area contributed by atoms with Crippen LogP contribution in [0.3, 0.4) is 0 Å². The number of nitrogens with zero attached hydrogens (tertiary/aromatic N) is 2. The summed E-state index contributed by atoms with van der Waals surface area (Å²) >= 11 is 12.3. The fourth-order valence-electron chi connectivity index (χ4n) is 2.69. The van der Waals surface area contributed by atoms with Gasteiger partial charge in [-0.15, -0.1) is 0 Å². The van der Waals surface area contributed by atoms with Gasteiger partial charge < -0.3 is 5.32 Å². The van der Waals surface area contributed by atoms with Gasteiger partial charge >= 0.3 is 0 Å². The van der Waals surface area contributed by atoms with Crippen molar-refractivity contribution in [2.75, 3.05) is 32.7 Å². The smallest absolute Gasteiger partial charge is 0.243 e. The van der Waals surface area contributed by atoms with Gasteiger partial charge in [-0.25, -0.2) is 4.00 Å². The number of quaternary nitrogens is 1. The first-order valence-electron chi connectivity index (χ1n) is 8.01. The van der Waals surface area contributed by atoms with Crippen molar-refractivity contribution in [3.63, 3.8) is 0 Å². The number of fused-ring (bicyclic) bond motifs is 3. The first-order chi connectivity index (χ1) is 11.5. The topological polar surface area (TPSA) is 32.3 Å². The zero-order chi connectivity index (χ0) is 17.6. The first-order valence-corrected chi connectivity index (χ1v) is 8.79. The van der Waals surface area contributed by atoms with Crippen molar-refractivity contribution in [1.82, 2.24) is 10.2 Å². The lowest BCUT2D eigenvalue weighted by Gasteiger charge is -2.47. The van der Waals surface area contributed by atoms with E-state index in [-0.39, 0.29) is 11.4 Å². The number of alkyl halides is 1. The predicted molar refractivity (Wildman–Crippen MR) is 101 cm³/mol. The highest BCUT2D eigenvalue weighted by atomic mass is 35.5. The molecule has 0 radical (unpaired) electrons. The summed E-state index contributed by atoms with van der Waals surface area (Å²) in [5, 5.41) is 2.70.